The molecule has 0 unspecified atom stereocenters. The van der Waals surface area contributed by atoms with E-state index in [1.807, 2.05) is 18.2 Å². The number of rotatable bonds is 3. The van der Waals surface area contributed by atoms with Crippen LogP contribution in [0.25, 0.3) is 0 Å². The summed E-state index contributed by atoms with van der Waals surface area (Å²) < 4.78 is 14.6. The van der Waals surface area contributed by atoms with Crippen molar-refractivity contribution in [1.29, 1.82) is 0 Å². The Morgan fingerprint density at radius 1 is 1.14 bits per heavy atom. The van der Waals surface area contributed by atoms with E-state index in [9.17, 15) is 4.39 Å². The highest BCUT2D eigenvalue weighted by atomic mass is 35.5. The van der Waals surface area contributed by atoms with Crippen LogP contribution in [-0.2, 0) is 0 Å². The fraction of sp³-hybridized carbons (Fsp3) is 0.333. The molecule has 0 spiro atoms. The van der Waals surface area contributed by atoms with E-state index in [0.717, 1.165) is 41.0 Å². The molecule has 21 heavy (non-hydrogen) atoms. The normalized spacial score (nSPS) is 17.9. The molecular formula is C15H15Cl2FN2S. The van der Waals surface area contributed by atoms with E-state index < -0.39 is 0 Å². The van der Waals surface area contributed by atoms with Crippen LogP contribution < -0.4 is 5.32 Å². The Bertz CT molecular complexity index is 626. The summed E-state index contributed by atoms with van der Waals surface area (Å²) in [6.07, 6.45) is 0. The zero-order chi connectivity index (χ0) is 14.8. The van der Waals surface area contributed by atoms with Crippen LogP contribution in [-0.4, -0.2) is 31.1 Å². The number of hydrogen-bond acceptors (Lipinski definition) is 3. The van der Waals surface area contributed by atoms with Crippen LogP contribution in [0, 0.1) is 5.82 Å². The highest BCUT2D eigenvalue weighted by Crippen LogP contribution is 2.36. The molecular weight excluding hydrogens is 330 g/mol. The number of halogens is 3. The number of nitrogens with zero attached hydrogens (tertiary/aromatic N) is 1. The van der Waals surface area contributed by atoms with Gasteiger partial charge in [-0.25, -0.2) is 4.39 Å². The Morgan fingerprint density at radius 3 is 2.52 bits per heavy atom. The average molecular weight is 345 g/mol. The van der Waals surface area contributed by atoms with Crippen molar-refractivity contribution in [2.45, 2.75) is 6.04 Å². The van der Waals surface area contributed by atoms with Crippen LogP contribution in [0.2, 0.25) is 9.36 Å². The summed E-state index contributed by atoms with van der Waals surface area (Å²) in [7, 11) is 0. The van der Waals surface area contributed by atoms with E-state index in [0.29, 0.717) is 0 Å². The summed E-state index contributed by atoms with van der Waals surface area (Å²) in [4.78, 5) is 3.48. The van der Waals surface area contributed by atoms with Crippen molar-refractivity contribution in [3.63, 3.8) is 0 Å². The molecule has 0 bridgehead atoms. The second-order valence-electron chi connectivity index (χ2n) is 5.00. The molecule has 1 atom stereocenters. The molecule has 6 heteroatoms. The zero-order valence-corrected chi connectivity index (χ0v) is 13.6. The Hall–Kier alpha value is -0.650. The summed E-state index contributed by atoms with van der Waals surface area (Å²) in [5.74, 6) is -0.378. The second kappa shape index (κ2) is 6.63. The second-order valence-corrected chi connectivity index (χ2v) is 7.16. The topological polar surface area (TPSA) is 15.3 Å². The quantitative estimate of drug-likeness (QED) is 0.897. The van der Waals surface area contributed by atoms with Crippen molar-refractivity contribution in [3.8, 4) is 0 Å². The Morgan fingerprint density at radius 2 is 1.90 bits per heavy atom. The lowest BCUT2D eigenvalue weighted by molar-refractivity contribution is 0.200. The first-order valence-electron chi connectivity index (χ1n) is 6.80. The maximum absolute atomic E-state index is 13.8. The van der Waals surface area contributed by atoms with Crippen molar-refractivity contribution < 1.29 is 4.39 Å². The Balaban J connectivity index is 2.00. The van der Waals surface area contributed by atoms with E-state index in [4.69, 9.17) is 23.2 Å². The summed E-state index contributed by atoms with van der Waals surface area (Å²) in [5.41, 5.74) is 0.914. The summed E-state index contributed by atoms with van der Waals surface area (Å²) in [6, 6.07) is 8.98. The van der Waals surface area contributed by atoms with Gasteiger partial charge >= 0.3 is 0 Å². The van der Waals surface area contributed by atoms with Gasteiger partial charge in [-0.15, -0.1) is 11.3 Å². The van der Waals surface area contributed by atoms with Crippen molar-refractivity contribution in [3.05, 3.63) is 55.9 Å². The van der Waals surface area contributed by atoms with Crippen LogP contribution in [0.3, 0.4) is 0 Å². The van der Waals surface area contributed by atoms with Gasteiger partial charge in [-0.05, 0) is 29.8 Å². The highest BCUT2D eigenvalue weighted by molar-refractivity contribution is 7.16. The molecule has 112 valence electrons. The summed E-state index contributed by atoms with van der Waals surface area (Å²) in [5, 5.41) is 3.49. The third-order valence-corrected chi connectivity index (χ3v) is 5.23. The van der Waals surface area contributed by atoms with Gasteiger partial charge in [0.1, 0.15) is 5.82 Å². The number of hydrogen-bond donors (Lipinski definition) is 1. The minimum absolute atomic E-state index is 0.0244. The van der Waals surface area contributed by atoms with Crippen LogP contribution in [0.4, 0.5) is 4.39 Å². The number of thiophene rings is 1. The predicted octanol–water partition coefficient (Wildman–Crippen LogP) is 4.19. The lowest BCUT2D eigenvalue weighted by Crippen LogP contribution is -2.45. The smallest absolute Gasteiger partial charge is 0.142 e. The van der Waals surface area contributed by atoms with Gasteiger partial charge in [0.25, 0.3) is 0 Å². The maximum atomic E-state index is 13.8. The molecule has 0 amide bonds. The summed E-state index contributed by atoms with van der Waals surface area (Å²) >= 11 is 13.4. The average Bonchev–Trinajstić information content (AvgIpc) is 2.90. The van der Waals surface area contributed by atoms with E-state index in [1.54, 1.807) is 17.4 Å². The van der Waals surface area contributed by atoms with Gasteiger partial charge in [-0.1, -0.05) is 29.3 Å². The van der Waals surface area contributed by atoms with Crippen molar-refractivity contribution in [1.82, 2.24) is 10.2 Å². The number of benzene rings is 1. The Kier molecular flexibility index (Phi) is 4.82. The standard InChI is InChI=1S/C15H15Cl2FN2S/c16-11-2-1-10(9-12(11)18)15(13-3-4-14(17)21-13)20-7-5-19-6-8-20/h1-4,9,15,19H,5-8H2/t15-/m0/s1. The minimum atomic E-state index is -0.378. The third-order valence-electron chi connectivity index (χ3n) is 3.64. The number of piperazine rings is 1. The molecule has 1 fully saturated rings. The monoisotopic (exact) mass is 344 g/mol. The third kappa shape index (κ3) is 3.41. The fourth-order valence-electron chi connectivity index (χ4n) is 2.65. The van der Waals surface area contributed by atoms with Gasteiger partial charge in [0.2, 0.25) is 0 Å². The molecule has 1 saturated heterocycles. The molecule has 0 saturated carbocycles. The van der Waals surface area contributed by atoms with E-state index >= 15 is 0 Å². The zero-order valence-electron chi connectivity index (χ0n) is 11.3. The van der Waals surface area contributed by atoms with Gasteiger partial charge in [0.05, 0.1) is 15.4 Å². The van der Waals surface area contributed by atoms with Crippen LogP contribution in [0.1, 0.15) is 16.5 Å². The molecule has 0 radical (unpaired) electrons. The summed E-state index contributed by atoms with van der Waals surface area (Å²) in [6.45, 7) is 3.71. The van der Waals surface area contributed by atoms with Gasteiger partial charge in [-0.3, -0.25) is 4.90 Å². The molecule has 1 N–H and O–H groups in total. The SMILES string of the molecule is Fc1cc([C@@H](c2ccc(Cl)s2)N2CCNCC2)ccc1Cl. The molecule has 2 heterocycles. The lowest BCUT2D eigenvalue weighted by Gasteiger charge is -2.34. The highest BCUT2D eigenvalue weighted by Gasteiger charge is 2.25. The van der Waals surface area contributed by atoms with E-state index in [-0.39, 0.29) is 16.9 Å². The molecule has 1 aliphatic heterocycles. The van der Waals surface area contributed by atoms with Gasteiger partial charge < -0.3 is 5.32 Å². The van der Waals surface area contributed by atoms with Crippen molar-refractivity contribution >= 4 is 34.5 Å². The first-order chi connectivity index (χ1) is 10.1. The number of nitrogens with one attached hydrogen (secondary N) is 1. The van der Waals surface area contributed by atoms with Crippen LogP contribution >= 0.6 is 34.5 Å². The lowest BCUT2D eigenvalue weighted by atomic mass is 10.0. The maximum Gasteiger partial charge on any atom is 0.142 e. The first-order valence-corrected chi connectivity index (χ1v) is 8.37. The molecule has 1 aromatic carbocycles. The first kappa shape index (κ1) is 15.3. The van der Waals surface area contributed by atoms with E-state index in [1.165, 1.54) is 6.07 Å². The van der Waals surface area contributed by atoms with Gasteiger partial charge in [0.15, 0.2) is 0 Å². The van der Waals surface area contributed by atoms with Gasteiger partial charge in [-0.2, -0.15) is 0 Å². The Labute approximate surface area is 137 Å². The van der Waals surface area contributed by atoms with Crippen molar-refractivity contribution in [2.75, 3.05) is 26.2 Å². The fourth-order valence-corrected chi connectivity index (χ4v) is 3.99. The molecule has 2 aromatic rings. The van der Waals surface area contributed by atoms with Crippen LogP contribution in [0.15, 0.2) is 30.3 Å². The molecule has 1 aromatic heterocycles. The minimum Gasteiger partial charge on any atom is -0.314 e. The predicted molar refractivity (Wildman–Crippen MR) is 87.0 cm³/mol. The molecule has 2 nitrogen and oxygen atoms in total. The van der Waals surface area contributed by atoms with E-state index in [2.05, 4.69) is 10.2 Å². The van der Waals surface area contributed by atoms with Crippen LogP contribution in [0.5, 0.6) is 0 Å². The van der Waals surface area contributed by atoms with Crippen molar-refractivity contribution in [2.24, 2.45) is 0 Å². The molecule has 1 aliphatic rings. The molecule has 0 aliphatic carbocycles. The molecule has 3 rings (SSSR count). The largest absolute Gasteiger partial charge is 0.314 e. The van der Waals surface area contributed by atoms with Gasteiger partial charge in [0, 0.05) is 31.1 Å².